The van der Waals surface area contributed by atoms with Crippen LogP contribution in [0.1, 0.15) is 12.1 Å². The largest absolute Gasteiger partial charge is 0.461 e. The summed E-state index contributed by atoms with van der Waals surface area (Å²) < 4.78 is 10.6. The fraction of sp³-hybridized carbons (Fsp3) is 0.462. The lowest BCUT2D eigenvalue weighted by atomic mass is 10.3. The number of halogens is 1. The van der Waals surface area contributed by atoms with E-state index in [4.69, 9.17) is 8.94 Å². The summed E-state index contributed by atoms with van der Waals surface area (Å²) in [4.78, 5) is 2.39. The lowest BCUT2D eigenvalue weighted by Crippen LogP contribution is -2.27. The van der Waals surface area contributed by atoms with E-state index in [2.05, 4.69) is 15.4 Å². The van der Waals surface area contributed by atoms with Crippen molar-refractivity contribution < 1.29 is 8.94 Å². The van der Waals surface area contributed by atoms with Gasteiger partial charge in [-0.15, -0.1) is 12.4 Å². The summed E-state index contributed by atoms with van der Waals surface area (Å²) in [6.07, 6.45) is 2.82. The smallest absolute Gasteiger partial charge is 0.202 e. The molecule has 104 valence electrons. The molecule has 0 unspecified atom stereocenters. The highest BCUT2D eigenvalue weighted by Gasteiger charge is 2.13. The Balaban J connectivity index is 0.00000133. The van der Waals surface area contributed by atoms with Crippen molar-refractivity contribution in [2.45, 2.75) is 13.0 Å². The first-order valence-corrected chi connectivity index (χ1v) is 6.34. The maximum Gasteiger partial charge on any atom is 0.202 e. The number of nitrogens with one attached hydrogen (secondary N) is 1. The molecule has 2 aromatic rings. The first kappa shape index (κ1) is 14.1. The average Bonchev–Trinajstić information content (AvgIpc) is 2.98. The van der Waals surface area contributed by atoms with Crippen LogP contribution in [0.25, 0.3) is 11.5 Å². The second-order valence-electron chi connectivity index (χ2n) is 4.54. The minimum Gasteiger partial charge on any atom is -0.461 e. The molecular formula is C13H18ClN3O2. The summed E-state index contributed by atoms with van der Waals surface area (Å²) in [5.41, 5.74) is 0.961. The van der Waals surface area contributed by atoms with E-state index in [1.54, 1.807) is 6.26 Å². The Morgan fingerprint density at radius 3 is 3.05 bits per heavy atom. The van der Waals surface area contributed by atoms with E-state index >= 15 is 0 Å². The number of furan rings is 1. The van der Waals surface area contributed by atoms with Crippen molar-refractivity contribution in [1.29, 1.82) is 0 Å². The Morgan fingerprint density at radius 1 is 1.26 bits per heavy atom. The van der Waals surface area contributed by atoms with Crippen LogP contribution in [0.3, 0.4) is 0 Å². The van der Waals surface area contributed by atoms with Gasteiger partial charge < -0.3 is 14.3 Å². The first-order valence-electron chi connectivity index (χ1n) is 6.34. The Hall–Kier alpha value is -1.30. The zero-order valence-electron chi connectivity index (χ0n) is 10.7. The molecule has 1 N–H and O–H groups in total. The standard InChI is InChI=1S/C13H17N3O2.ClH/c1-3-12(17-8-1)13-9-11(15-18-13)10-16-6-2-4-14-5-7-16;/h1,3,8-9,14H,2,4-7,10H2;1H. The highest BCUT2D eigenvalue weighted by Crippen LogP contribution is 2.21. The molecule has 19 heavy (non-hydrogen) atoms. The normalized spacial score (nSPS) is 16.8. The molecule has 1 aliphatic heterocycles. The molecule has 1 aliphatic rings. The molecule has 1 saturated heterocycles. The second-order valence-corrected chi connectivity index (χ2v) is 4.54. The fourth-order valence-corrected chi connectivity index (χ4v) is 2.21. The maximum absolute atomic E-state index is 5.30. The van der Waals surface area contributed by atoms with Crippen molar-refractivity contribution in [2.75, 3.05) is 26.2 Å². The topological polar surface area (TPSA) is 54.4 Å². The van der Waals surface area contributed by atoms with Crippen LogP contribution in [-0.4, -0.2) is 36.2 Å². The fourth-order valence-electron chi connectivity index (χ4n) is 2.21. The lowest BCUT2D eigenvalue weighted by Gasteiger charge is -2.17. The summed E-state index contributed by atoms with van der Waals surface area (Å²) >= 11 is 0. The van der Waals surface area contributed by atoms with Gasteiger partial charge in [-0.3, -0.25) is 4.90 Å². The molecule has 2 aromatic heterocycles. The van der Waals surface area contributed by atoms with E-state index in [1.165, 1.54) is 6.42 Å². The molecule has 0 spiro atoms. The Bertz CT molecular complexity index is 476. The highest BCUT2D eigenvalue weighted by molar-refractivity contribution is 5.85. The van der Waals surface area contributed by atoms with Gasteiger partial charge in [-0.1, -0.05) is 5.16 Å². The van der Waals surface area contributed by atoms with Crippen molar-refractivity contribution >= 4 is 12.4 Å². The molecule has 0 radical (unpaired) electrons. The van der Waals surface area contributed by atoms with Crippen LogP contribution in [-0.2, 0) is 6.54 Å². The van der Waals surface area contributed by atoms with Crippen LogP contribution in [0.2, 0.25) is 0 Å². The average molecular weight is 284 g/mol. The third-order valence-corrected chi connectivity index (χ3v) is 3.14. The molecule has 6 heteroatoms. The van der Waals surface area contributed by atoms with Gasteiger partial charge >= 0.3 is 0 Å². The van der Waals surface area contributed by atoms with Crippen LogP contribution in [0, 0.1) is 0 Å². The third kappa shape index (κ3) is 3.59. The van der Waals surface area contributed by atoms with Crippen molar-refractivity contribution in [3.8, 4) is 11.5 Å². The van der Waals surface area contributed by atoms with Crippen molar-refractivity contribution in [3.63, 3.8) is 0 Å². The maximum atomic E-state index is 5.30. The Labute approximate surface area is 118 Å². The SMILES string of the molecule is Cl.c1coc(-c2cc(CN3CCCNCC3)no2)c1. The predicted molar refractivity (Wildman–Crippen MR) is 74.2 cm³/mol. The molecule has 0 aliphatic carbocycles. The van der Waals surface area contributed by atoms with Crippen LogP contribution in [0.5, 0.6) is 0 Å². The van der Waals surface area contributed by atoms with Gasteiger partial charge in [0, 0.05) is 25.7 Å². The van der Waals surface area contributed by atoms with Gasteiger partial charge in [0.1, 0.15) is 0 Å². The molecule has 0 saturated carbocycles. The molecule has 0 atom stereocenters. The highest BCUT2D eigenvalue weighted by atomic mass is 35.5. The summed E-state index contributed by atoms with van der Waals surface area (Å²) in [7, 11) is 0. The number of rotatable bonds is 3. The molecule has 0 amide bonds. The van der Waals surface area contributed by atoms with Crippen LogP contribution in [0.15, 0.2) is 33.4 Å². The quantitative estimate of drug-likeness (QED) is 0.935. The molecule has 0 bridgehead atoms. The molecule has 5 nitrogen and oxygen atoms in total. The number of aromatic nitrogens is 1. The van der Waals surface area contributed by atoms with Crippen LogP contribution < -0.4 is 5.32 Å². The number of hydrogen-bond acceptors (Lipinski definition) is 5. The van der Waals surface area contributed by atoms with E-state index in [0.29, 0.717) is 5.76 Å². The van der Waals surface area contributed by atoms with E-state index < -0.39 is 0 Å². The van der Waals surface area contributed by atoms with Crippen molar-refractivity contribution in [3.05, 3.63) is 30.2 Å². The summed E-state index contributed by atoms with van der Waals surface area (Å²) in [6, 6.07) is 5.68. The van der Waals surface area contributed by atoms with Gasteiger partial charge in [0.05, 0.1) is 12.0 Å². The van der Waals surface area contributed by atoms with Crippen molar-refractivity contribution in [2.24, 2.45) is 0 Å². The van der Waals surface area contributed by atoms with E-state index in [9.17, 15) is 0 Å². The second kappa shape index (κ2) is 6.75. The zero-order valence-corrected chi connectivity index (χ0v) is 11.5. The van der Waals surface area contributed by atoms with E-state index in [-0.39, 0.29) is 12.4 Å². The summed E-state index contributed by atoms with van der Waals surface area (Å²) in [5, 5.41) is 7.49. The summed E-state index contributed by atoms with van der Waals surface area (Å²) in [5.74, 6) is 1.43. The van der Waals surface area contributed by atoms with Gasteiger partial charge in [0.2, 0.25) is 5.76 Å². The van der Waals surface area contributed by atoms with Crippen LogP contribution >= 0.6 is 12.4 Å². The zero-order chi connectivity index (χ0) is 12.2. The number of nitrogens with zero attached hydrogens (tertiary/aromatic N) is 2. The van der Waals surface area contributed by atoms with Gasteiger partial charge in [0.15, 0.2) is 5.76 Å². The minimum atomic E-state index is 0. The predicted octanol–water partition coefficient (Wildman–Crippen LogP) is 2.15. The van der Waals surface area contributed by atoms with Gasteiger partial charge in [0.25, 0.3) is 0 Å². The van der Waals surface area contributed by atoms with Crippen molar-refractivity contribution in [1.82, 2.24) is 15.4 Å². The third-order valence-electron chi connectivity index (χ3n) is 3.14. The van der Waals surface area contributed by atoms with Gasteiger partial charge in [-0.25, -0.2) is 0 Å². The van der Waals surface area contributed by atoms with E-state index in [0.717, 1.165) is 44.2 Å². The monoisotopic (exact) mass is 283 g/mol. The molecular weight excluding hydrogens is 266 g/mol. The Kier molecular flexibility index (Phi) is 5.01. The summed E-state index contributed by atoms with van der Waals surface area (Å²) in [6.45, 7) is 5.15. The van der Waals surface area contributed by atoms with Gasteiger partial charge in [-0.2, -0.15) is 0 Å². The molecule has 3 heterocycles. The first-order chi connectivity index (χ1) is 8.92. The molecule has 1 fully saturated rings. The minimum absolute atomic E-state index is 0. The van der Waals surface area contributed by atoms with E-state index in [1.807, 2.05) is 18.2 Å². The van der Waals surface area contributed by atoms with Gasteiger partial charge in [-0.05, 0) is 31.6 Å². The molecule has 0 aromatic carbocycles. The lowest BCUT2D eigenvalue weighted by molar-refractivity contribution is 0.274. The van der Waals surface area contributed by atoms with Crippen LogP contribution in [0.4, 0.5) is 0 Å². The number of hydrogen-bond donors (Lipinski definition) is 1. The molecule has 3 rings (SSSR count). The Morgan fingerprint density at radius 2 is 2.21 bits per heavy atom.